The zero-order chi connectivity index (χ0) is 12.3. The molecule has 1 amide bonds. The molecule has 0 heterocycles. The van der Waals surface area contributed by atoms with Crippen LogP contribution in [0.5, 0.6) is 0 Å². The van der Waals surface area contributed by atoms with Gasteiger partial charge < -0.3 is 20.6 Å². The van der Waals surface area contributed by atoms with Crippen molar-refractivity contribution >= 4 is 17.8 Å². The summed E-state index contributed by atoms with van der Waals surface area (Å²) in [6.07, 6.45) is 0.174. The first kappa shape index (κ1) is 15.8. The third kappa shape index (κ3) is 19.0. The van der Waals surface area contributed by atoms with Gasteiger partial charge in [-0.15, -0.1) is 0 Å². The Morgan fingerprint density at radius 3 is 1.87 bits per heavy atom. The number of carboxylic acid groups (broad SMARTS) is 2. The summed E-state index contributed by atoms with van der Waals surface area (Å²) in [6, 6.07) is 0. The summed E-state index contributed by atoms with van der Waals surface area (Å²) in [5.41, 5.74) is 0. The lowest BCUT2D eigenvalue weighted by Crippen LogP contribution is -2.28. The van der Waals surface area contributed by atoms with Crippen LogP contribution in [-0.4, -0.2) is 46.3 Å². The zero-order valence-corrected chi connectivity index (χ0v) is 8.39. The maximum Gasteiger partial charge on any atom is 0.322 e. The molecule has 0 radical (unpaired) electrons. The summed E-state index contributed by atoms with van der Waals surface area (Å²) in [6.45, 7) is 1.11. The number of rotatable bonds is 5. The first-order valence-corrected chi connectivity index (χ1v) is 4.25. The largest absolute Gasteiger partial charge is 0.481 e. The van der Waals surface area contributed by atoms with Crippen LogP contribution in [0.1, 0.15) is 19.8 Å². The third-order valence-electron chi connectivity index (χ3n) is 1.08. The first-order chi connectivity index (χ1) is 6.93. The highest BCUT2D eigenvalue weighted by atomic mass is 16.4. The van der Waals surface area contributed by atoms with Gasteiger partial charge in [-0.3, -0.25) is 14.4 Å². The molecule has 7 nitrogen and oxygen atoms in total. The van der Waals surface area contributed by atoms with E-state index >= 15 is 0 Å². The van der Waals surface area contributed by atoms with E-state index in [-0.39, 0.29) is 25.5 Å². The second-order valence-corrected chi connectivity index (χ2v) is 2.39. The summed E-state index contributed by atoms with van der Waals surface area (Å²) >= 11 is 0. The lowest BCUT2D eigenvalue weighted by atomic mass is 10.4. The van der Waals surface area contributed by atoms with Crippen molar-refractivity contribution in [3.05, 3.63) is 0 Å². The topological polar surface area (TPSA) is 124 Å². The molecule has 88 valence electrons. The zero-order valence-electron chi connectivity index (χ0n) is 8.39. The predicted molar refractivity (Wildman–Crippen MR) is 50.3 cm³/mol. The Balaban J connectivity index is 0. The molecule has 0 saturated heterocycles. The van der Waals surface area contributed by atoms with Gasteiger partial charge in [0.25, 0.3) is 0 Å². The summed E-state index contributed by atoms with van der Waals surface area (Å²) in [5, 5.41) is 25.8. The molecule has 0 aliphatic rings. The van der Waals surface area contributed by atoms with Crippen molar-refractivity contribution < 1.29 is 29.7 Å². The Hall–Kier alpha value is -1.63. The van der Waals surface area contributed by atoms with Gasteiger partial charge in [-0.1, -0.05) is 6.92 Å². The normalized spacial score (nSPS) is 8.40. The predicted octanol–water partition coefficient (Wildman–Crippen LogP) is -0.949. The molecule has 7 heteroatoms. The van der Waals surface area contributed by atoms with Crippen LogP contribution >= 0.6 is 0 Å². The van der Waals surface area contributed by atoms with Crippen LogP contribution in [0.15, 0.2) is 0 Å². The minimum atomic E-state index is -1.02. The fourth-order valence-corrected chi connectivity index (χ4v) is 0.395. The van der Waals surface area contributed by atoms with Crippen molar-refractivity contribution in [3.63, 3.8) is 0 Å². The van der Waals surface area contributed by atoms with Gasteiger partial charge in [0, 0.05) is 6.42 Å². The van der Waals surface area contributed by atoms with E-state index in [0.29, 0.717) is 6.42 Å². The summed E-state index contributed by atoms with van der Waals surface area (Å²) in [7, 11) is 0. The third-order valence-corrected chi connectivity index (χ3v) is 1.08. The number of carbonyl (C=O) groups excluding carboxylic acids is 1. The van der Waals surface area contributed by atoms with Crippen LogP contribution in [0.3, 0.4) is 0 Å². The van der Waals surface area contributed by atoms with E-state index in [0.717, 1.165) is 0 Å². The van der Waals surface area contributed by atoms with Crippen LogP contribution in [0.2, 0.25) is 0 Å². The number of nitrogens with one attached hydrogen (secondary N) is 1. The number of aliphatic carboxylic acids is 2. The molecule has 0 rings (SSSR count). The maximum absolute atomic E-state index is 10.3. The van der Waals surface area contributed by atoms with E-state index in [1.807, 2.05) is 0 Å². The Morgan fingerprint density at radius 2 is 1.67 bits per heavy atom. The van der Waals surface area contributed by atoms with Gasteiger partial charge in [0.15, 0.2) is 0 Å². The van der Waals surface area contributed by atoms with Crippen LogP contribution in [0.25, 0.3) is 0 Å². The standard InChI is InChI=1S/C5H9NO3.C3H6O3/c1-2-4(7)6-3-5(8)9;4-2-1-3(5)6/h2-3H2,1H3,(H,6,7)(H,8,9);4H,1-2H2,(H,5,6). The van der Waals surface area contributed by atoms with E-state index in [1.54, 1.807) is 6.92 Å². The monoisotopic (exact) mass is 221 g/mol. The molecule has 0 saturated carbocycles. The number of aliphatic hydroxyl groups excluding tert-OH is 1. The fourth-order valence-electron chi connectivity index (χ4n) is 0.395. The van der Waals surface area contributed by atoms with Crippen molar-refractivity contribution in [2.75, 3.05) is 13.2 Å². The van der Waals surface area contributed by atoms with Gasteiger partial charge in [-0.05, 0) is 0 Å². The van der Waals surface area contributed by atoms with Gasteiger partial charge in [0.05, 0.1) is 13.0 Å². The molecule has 15 heavy (non-hydrogen) atoms. The molecule has 0 fully saturated rings. The van der Waals surface area contributed by atoms with Crippen molar-refractivity contribution in [3.8, 4) is 0 Å². The van der Waals surface area contributed by atoms with Crippen molar-refractivity contribution in [1.29, 1.82) is 0 Å². The second-order valence-electron chi connectivity index (χ2n) is 2.39. The number of hydrogen-bond donors (Lipinski definition) is 4. The second kappa shape index (κ2) is 10.5. The molecular formula is C8H15NO6. The minimum absolute atomic E-state index is 0.153. The molecule has 0 aliphatic carbocycles. The molecule has 0 aromatic heterocycles. The highest BCUT2D eigenvalue weighted by Gasteiger charge is 1.98. The lowest BCUT2D eigenvalue weighted by molar-refractivity contribution is -0.138. The molecule has 0 unspecified atom stereocenters. The molecule has 0 aliphatic heterocycles. The highest BCUT2D eigenvalue weighted by molar-refractivity contribution is 5.80. The van der Waals surface area contributed by atoms with Crippen LogP contribution in [0, 0.1) is 0 Å². The Kier molecular flexibility index (Phi) is 11.0. The molecule has 0 aromatic rings. The van der Waals surface area contributed by atoms with Crippen LogP contribution in [-0.2, 0) is 14.4 Å². The molecular weight excluding hydrogens is 206 g/mol. The molecule has 0 aromatic carbocycles. The molecule has 0 spiro atoms. The summed E-state index contributed by atoms with van der Waals surface area (Å²) in [5.74, 6) is -2.22. The number of hydrogen-bond acceptors (Lipinski definition) is 4. The number of carboxylic acids is 2. The minimum Gasteiger partial charge on any atom is -0.481 e. The summed E-state index contributed by atoms with van der Waals surface area (Å²) in [4.78, 5) is 29.6. The Labute approximate surface area is 86.7 Å². The van der Waals surface area contributed by atoms with E-state index in [2.05, 4.69) is 5.32 Å². The summed E-state index contributed by atoms with van der Waals surface area (Å²) < 4.78 is 0. The highest BCUT2D eigenvalue weighted by Crippen LogP contribution is 1.72. The van der Waals surface area contributed by atoms with E-state index in [1.165, 1.54) is 0 Å². The van der Waals surface area contributed by atoms with Crippen molar-refractivity contribution in [1.82, 2.24) is 5.32 Å². The lowest BCUT2D eigenvalue weighted by Gasteiger charge is -1.95. The smallest absolute Gasteiger partial charge is 0.322 e. The maximum atomic E-state index is 10.3. The number of amides is 1. The van der Waals surface area contributed by atoms with Gasteiger partial charge in [-0.25, -0.2) is 0 Å². The quantitative estimate of drug-likeness (QED) is 0.474. The van der Waals surface area contributed by atoms with Gasteiger partial charge in [0.2, 0.25) is 5.91 Å². The van der Waals surface area contributed by atoms with E-state index < -0.39 is 11.9 Å². The van der Waals surface area contributed by atoms with Crippen LogP contribution < -0.4 is 5.32 Å². The van der Waals surface area contributed by atoms with Crippen LogP contribution in [0.4, 0.5) is 0 Å². The average Bonchev–Trinajstić information content (AvgIpc) is 2.14. The SMILES string of the molecule is CCC(=O)NCC(=O)O.O=C(O)CCO. The number of aliphatic hydroxyl groups is 1. The first-order valence-electron chi connectivity index (χ1n) is 4.25. The van der Waals surface area contributed by atoms with Gasteiger partial charge >= 0.3 is 11.9 Å². The van der Waals surface area contributed by atoms with E-state index in [4.69, 9.17) is 15.3 Å². The van der Waals surface area contributed by atoms with Crippen molar-refractivity contribution in [2.45, 2.75) is 19.8 Å². The van der Waals surface area contributed by atoms with E-state index in [9.17, 15) is 14.4 Å². The molecule has 0 bridgehead atoms. The average molecular weight is 221 g/mol. The molecule has 4 N–H and O–H groups in total. The van der Waals surface area contributed by atoms with Gasteiger partial charge in [-0.2, -0.15) is 0 Å². The Bertz CT molecular complexity index is 215. The van der Waals surface area contributed by atoms with Gasteiger partial charge in [0.1, 0.15) is 6.54 Å². The number of carbonyl (C=O) groups is 3. The fraction of sp³-hybridized carbons (Fsp3) is 0.625. The Morgan fingerprint density at radius 1 is 1.13 bits per heavy atom. The molecule has 0 atom stereocenters. The van der Waals surface area contributed by atoms with Crippen molar-refractivity contribution in [2.24, 2.45) is 0 Å².